The Morgan fingerprint density at radius 1 is 0.964 bits per heavy atom. The number of aromatic nitrogens is 2. The summed E-state index contributed by atoms with van der Waals surface area (Å²) in [5, 5.41) is 14.8. The Labute approximate surface area is 158 Å². The van der Waals surface area contributed by atoms with Gasteiger partial charge in [-0.05, 0) is 36.4 Å². The minimum absolute atomic E-state index is 0.103. The summed E-state index contributed by atoms with van der Waals surface area (Å²) in [5.41, 5.74) is 0.562. The molecule has 0 fully saturated rings. The van der Waals surface area contributed by atoms with Gasteiger partial charge in [0.2, 0.25) is 11.8 Å². The van der Waals surface area contributed by atoms with Crippen molar-refractivity contribution in [3.8, 4) is 5.69 Å². The number of benzene rings is 2. The van der Waals surface area contributed by atoms with Gasteiger partial charge in [-0.3, -0.25) is 19.0 Å². The average Bonchev–Trinajstić information content (AvgIpc) is 2.62. The number of aromatic carboxylic acids is 1. The highest BCUT2D eigenvalue weighted by atomic mass is 16.4. The number of nitrogens with one attached hydrogen (secondary N) is 2. The van der Waals surface area contributed by atoms with Crippen molar-refractivity contribution in [1.82, 2.24) is 9.55 Å². The van der Waals surface area contributed by atoms with Gasteiger partial charge < -0.3 is 15.7 Å². The molecule has 2 amide bonds. The summed E-state index contributed by atoms with van der Waals surface area (Å²) >= 11 is 0. The number of carboxylic acids is 1. The third kappa shape index (κ3) is 3.73. The molecule has 0 spiro atoms. The summed E-state index contributed by atoms with van der Waals surface area (Å²) in [7, 11) is 0. The molecule has 2 aromatic carbocycles. The van der Waals surface area contributed by atoms with Crippen molar-refractivity contribution in [3.63, 3.8) is 0 Å². The van der Waals surface area contributed by atoms with Crippen LogP contribution in [-0.2, 0) is 9.59 Å². The van der Waals surface area contributed by atoms with Crippen LogP contribution in [0.4, 0.5) is 11.4 Å². The van der Waals surface area contributed by atoms with E-state index < -0.39 is 11.5 Å². The standard InChI is InChI=1S/C19H16N4O5/c1-10(24)21-12-3-5-16-14(7-12)18(26)23(9-20-16)17-6-4-13(22-11(2)25)8-15(17)19(27)28/h3-9H,1-2H3,(H,21,24)(H,22,25)(H,27,28). The highest BCUT2D eigenvalue weighted by molar-refractivity contribution is 5.96. The molecular weight excluding hydrogens is 364 g/mol. The van der Waals surface area contributed by atoms with E-state index in [9.17, 15) is 24.3 Å². The Bertz CT molecular complexity index is 1180. The number of anilines is 2. The van der Waals surface area contributed by atoms with Crippen LogP contribution in [0.2, 0.25) is 0 Å². The second-order valence-corrected chi connectivity index (χ2v) is 6.05. The minimum Gasteiger partial charge on any atom is -0.478 e. The molecule has 3 N–H and O–H groups in total. The molecule has 1 heterocycles. The number of rotatable bonds is 4. The molecule has 0 saturated heterocycles. The predicted octanol–water partition coefficient (Wildman–Crippen LogP) is 2.00. The fourth-order valence-corrected chi connectivity index (χ4v) is 2.77. The lowest BCUT2D eigenvalue weighted by atomic mass is 10.1. The molecule has 0 unspecified atom stereocenters. The Kier molecular flexibility index (Phi) is 4.90. The van der Waals surface area contributed by atoms with Crippen LogP contribution >= 0.6 is 0 Å². The SMILES string of the molecule is CC(=O)Nc1ccc(-n2cnc3ccc(NC(C)=O)cc3c2=O)c(C(=O)O)c1. The molecule has 9 heteroatoms. The van der Waals surface area contributed by atoms with Crippen molar-refractivity contribution in [2.75, 3.05) is 10.6 Å². The lowest BCUT2D eigenvalue weighted by molar-refractivity contribution is -0.115. The van der Waals surface area contributed by atoms with Gasteiger partial charge in [-0.15, -0.1) is 0 Å². The third-order valence-electron chi connectivity index (χ3n) is 3.89. The molecule has 1 aromatic heterocycles. The van der Waals surface area contributed by atoms with Gasteiger partial charge >= 0.3 is 5.97 Å². The van der Waals surface area contributed by atoms with Crippen LogP contribution in [0.15, 0.2) is 47.5 Å². The van der Waals surface area contributed by atoms with Crippen molar-refractivity contribution in [3.05, 3.63) is 58.6 Å². The fraction of sp³-hybridized carbons (Fsp3) is 0.105. The van der Waals surface area contributed by atoms with Gasteiger partial charge in [0.15, 0.2) is 0 Å². The second kappa shape index (κ2) is 7.31. The van der Waals surface area contributed by atoms with Crippen LogP contribution in [0.5, 0.6) is 0 Å². The maximum atomic E-state index is 13.0. The van der Waals surface area contributed by atoms with E-state index in [1.54, 1.807) is 12.1 Å². The summed E-state index contributed by atoms with van der Waals surface area (Å²) < 4.78 is 1.11. The molecule has 0 radical (unpaired) electrons. The van der Waals surface area contributed by atoms with Crippen molar-refractivity contribution in [2.45, 2.75) is 13.8 Å². The molecule has 0 saturated carbocycles. The van der Waals surface area contributed by atoms with Crippen LogP contribution < -0.4 is 16.2 Å². The quantitative estimate of drug-likeness (QED) is 0.635. The van der Waals surface area contributed by atoms with E-state index in [1.165, 1.54) is 44.4 Å². The van der Waals surface area contributed by atoms with Crippen molar-refractivity contribution < 1.29 is 19.5 Å². The molecule has 3 rings (SSSR count). The van der Waals surface area contributed by atoms with E-state index in [0.29, 0.717) is 16.9 Å². The van der Waals surface area contributed by atoms with Crippen LogP contribution in [0.25, 0.3) is 16.6 Å². The number of carboxylic acid groups (broad SMARTS) is 1. The predicted molar refractivity (Wildman–Crippen MR) is 103 cm³/mol. The molecule has 0 aliphatic heterocycles. The zero-order valence-electron chi connectivity index (χ0n) is 15.0. The number of hydrogen-bond donors (Lipinski definition) is 3. The molecule has 9 nitrogen and oxygen atoms in total. The third-order valence-corrected chi connectivity index (χ3v) is 3.89. The zero-order chi connectivity index (χ0) is 20.4. The Hall–Kier alpha value is -4.01. The molecule has 0 bridgehead atoms. The molecule has 0 aliphatic rings. The number of carbonyl (C=O) groups excluding carboxylic acids is 2. The lowest BCUT2D eigenvalue weighted by Crippen LogP contribution is -2.21. The normalized spacial score (nSPS) is 10.5. The van der Waals surface area contributed by atoms with Crippen molar-refractivity contribution in [1.29, 1.82) is 0 Å². The summed E-state index contributed by atoms with van der Waals surface area (Å²) in [6.45, 7) is 2.65. The van der Waals surface area contributed by atoms with Gasteiger partial charge in [-0.25, -0.2) is 9.78 Å². The van der Waals surface area contributed by atoms with E-state index in [1.807, 2.05) is 0 Å². The number of carbonyl (C=O) groups is 3. The van der Waals surface area contributed by atoms with Crippen LogP contribution in [0, 0.1) is 0 Å². The van der Waals surface area contributed by atoms with Gasteiger partial charge in [0.25, 0.3) is 5.56 Å². The van der Waals surface area contributed by atoms with Gasteiger partial charge in [0.05, 0.1) is 22.2 Å². The number of hydrogen-bond acceptors (Lipinski definition) is 5. The van der Waals surface area contributed by atoms with Gasteiger partial charge in [-0.1, -0.05) is 0 Å². The molecule has 0 atom stereocenters. The summed E-state index contributed by atoms with van der Waals surface area (Å²) in [4.78, 5) is 51.3. The van der Waals surface area contributed by atoms with E-state index >= 15 is 0 Å². The largest absolute Gasteiger partial charge is 0.478 e. The summed E-state index contributed by atoms with van der Waals surface area (Å²) in [5.74, 6) is -1.90. The number of nitrogens with zero attached hydrogens (tertiary/aromatic N) is 2. The first kappa shape index (κ1) is 18.8. The first-order valence-corrected chi connectivity index (χ1v) is 8.20. The average molecular weight is 380 g/mol. The highest BCUT2D eigenvalue weighted by Gasteiger charge is 2.16. The smallest absolute Gasteiger partial charge is 0.337 e. The highest BCUT2D eigenvalue weighted by Crippen LogP contribution is 2.21. The number of fused-ring (bicyclic) bond motifs is 1. The Morgan fingerprint density at radius 3 is 2.18 bits per heavy atom. The maximum absolute atomic E-state index is 13.0. The van der Waals surface area contributed by atoms with E-state index in [0.717, 1.165) is 4.57 Å². The van der Waals surface area contributed by atoms with E-state index in [-0.39, 0.29) is 28.5 Å². The summed E-state index contributed by atoms with van der Waals surface area (Å²) in [6, 6.07) is 8.86. The Balaban J connectivity index is 2.18. The van der Waals surface area contributed by atoms with Gasteiger partial charge in [-0.2, -0.15) is 0 Å². The zero-order valence-corrected chi connectivity index (χ0v) is 15.0. The van der Waals surface area contributed by atoms with Crippen LogP contribution in [0.1, 0.15) is 24.2 Å². The summed E-state index contributed by atoms with van der Waals surface area (Å²) in [6.07, 6.45) is 1.24. The van der Waals surface area contributed by atoms with E-state index in [4.69, 9.17) is 0 Å². The molecule has 0 aliphatic carbocycles. The monoisotopic (exact) mass is 380 g/mol. The van der Waals surface area contributed by atoms with Crippen LogP contribution in [-0.4, -0.2) is 32.4 Å². The molecule has 3 aromatic rings. The lowest BCUT2D eigenvalue weighted by Gasteiger charge is -2.12. The van der Waals surface area contributed by atoms with Crippen molar-refractivity contribution in [2.24, 2.45) is 0 Å². The molecule has 28 heavy (non-hydrogen) atoms. The number of amides is 2. The fourth-order valence-electron chi connectivity index (χ4n) is 2.77. The first-order valence-electron chi connectivity index (χ1n) is 8.20. The second-order valence-electron chi connectivity index (χ2n) is 6.05. The van der Waals surface area contributed by atoms with E-state index in [2.05, 4.69) is 15.6 Å². The van der Waals surface area contributed by atoms with Gasteiger partial charge in [0.1, 0.15) is 6.33 Å². The topological polar surface area (TPSA) is 130 Å². The van der Waals surface area contributed by atoms with Gasteiger partial charge in [0, 0.05) is 25.2 Å². The molecule has 142 valence electrons. The van der Waals surface area contributed by atoms with Crippen LogP contribution in [0.3, 0.4) is 0 Å². The van der Waals surface area contributed by atoms with Crippen molar-refractivity contribution >= 4 is 40.1 Å². The molecular formula is C19H16N4O5. The Morgan fingerprint density at radius 2 is 1.57 bits per heavy atom. The maximum Gasteiger partial charge on any atom is 0.337 e. The first-order chi connectivity index (χ1) is 13.3. The minimum atomic E-state index is -1.26.